The van der Waals surface area contributed by atoms with E-state index in [1.54, 1.807) is 13.8 Å². The van der Waals surface area contributed by atoms with Crippen molar-refractivity contribution in [3.05, 3.63) is 0 Å². The Bertz CT molecular complexity index is 407. The fourth-order valence-electron chi connectivity index (χ4n) is 2.92. The highest BCUT2D eigenvalue weighted by Crippen LogP contribution is 2.34. The zero-order valence-corrected chi connectivity index (χ0v) is 11.4. The molecule has 0 spiro atoms. The Hall–Kier alpha value is -0.420. The van der Waals surface area contributed by atoms with Gasteiger partial charge in [0.1, 0.15) is 0 Å². The van der Waals surface area contributed by atoms with E-state index < -0.39 is 15.6 Å². The van der Waals surface area contributed by atoms with E-state index in [-0.39, 0.29) is 11.0 Å². The molecule has 17 heavy (non-hydrogen) atoms. The molecule has 0 N–H and O–H groups in total. The van der Waals surface area contributed by atoms with Gasteiger partial charge in [0.15, 0.2) is 5.78 Å². The van der Waals surface area contributed by atoms with E-state index in [1.165, 1.54) is 4.31 Å². The Kier molecular flexibility index (Phi) is 3.34. The van der Waals surface area contributed by atoms with E-state index in [0.29, 0.717) is 13.0 Å². The number of ketones is 1. The smallest absolute Gasteiger partial charge is 0.217 e. The number of nitrogens with zero attached hydrogens (tertiary/aromatic N) is 1. The topological polar surface area (TPSA) is 54.5 Å². The van der Waals surface area contributed by atoms with Crippen LogP contribution in [0.4, 0.5) is 0 Å². The lowest BCUT2D eigenvalue weighted by atomic mass is 10.0. The quantitative estimate of drug-likeness (QED) is 0.758. The molecule has 2 fully saturated rings. The van der Waals surface area contributed by atoms with Crippen LogP contribution in [-0.4, -0.2) is 35.8 Å². The van der Waals surface area contributed by atoms with Crippen LogP contribution in [0, 0.1) is 0 Å². The molecular weight excluding hydrogens is 238 g/mol. The second-order valence-electron chi connectivity index (χ2n) is 5.61. The molecule has 0 radical (unpaired) electrons. The lowest BCUT2D eigenvalue weighted by molar-refractivity contribution is -0.122. The van der Waals surface area contributed by atoms with Gasteiger partial charge in [-0.05, 0) is 26.7 Å². The van der Waals surface area contributed by atoms with Gasteiger partial charge in [0, 0.05) is 13.0 Å². The van der Waals surface area contributed by atoms with Gasteiger partial charge in [-0.25, -0.2) is 8.42 Å². The molecule has 1 saturated heterocycles. The standard InChI is InChI=1S/C12H21NO3S/c1-12(2)11(14)8-9-13(12)17(15,16)10-6-4-3-5-7-10/h10H,3-9H2,1-2H3. The number of Topliss-reactive ketones (excluding diaryl/α,β-unsaturated/α-hetero) is 1. The first-order valence-corrected chi connectivity index (χ1v) is 7.92. The SMILES string of the molecule is CC1(C)C(=O)CCN1S(=O)(=O)C1CCCCC1. The Balaban J connectivity index is 2.24. The number of carbonyl (C=O) groups is 1. The molecule has 2 rings (SSSR count). The molecule has 98 valence electrons. The predicted octanol–water partition coefficient (Wildman–Crippen LogP) is 1.70. The van der Waals surface area contributed by atoms with Crippen LogP contribution in [0.15, 0.2) is 0 Å². The molecule has 0 unspecified atom stereocenters. The van der Waals surface area contributed by atoms with E-state index in [1.807, 2.05) is 0 Å². The molecule has 2 aliphatic rings. The summed E-state index contributed by atoms with van der Waals surface area (Å²) in [6.45, 7) is 3.82. The highest BCUT2D eigenvalue weighted by atomic mass is 32.2. The van der Waals surface area contributed by atoms with Crippen molar-refractivity contribution < 1.29 is 13.2 Å². The van der Waals surface area contributed by atoms with Gasteiger partial charge in [0.05, 0.1) is 10.8 Å². The Morgan fingerprint density at radius 3 is 2.24 bits per heavy atom. The van der Waals surface area contributed by atoms with Crippen LogP contribution in [0.5, 0.6) is 0 Å². The molecule has 4 nitrogen and oxygen atoms in total. The molecule has 0 aromatic carbocycles. The minimum atomic E-state index is -3.29. The fraction of sp³-hybridized carbons (Fsp3) is 0.917. The maximum Gasteiger partial charge on any atom is 0.217 e. The Morgan fingerprint density at radius 2 is 1.76 bits per heavy atom. The molecule has 0 aromatic rings. The van der Waals surface area contributed by atoms with Crippen LogP contribution < -0.4 is 0 Å². The summed E-state index contributed by atoms with van der Waals surface area (Å²) in [7, 11) is -3.29. The first kappa shape index (κ1) is 13.0. The van der Waals surface area contributed by atoms with Crippen molar-refractivity contribution in [1.29, 1.82) is 0 Å². The summed E-state index contributed by atoms with van der Waals surface area (Å²) in [5.41, 5.74) is -0.837. The summed E-state index contributed by atoms with van der Waals surface area (Å²) >= 11 is 0. The maximum absolute atomic E-state index is 12.5. The van der Waals surface area contributed by atoms with Gasteiger partial charge < -0.3 is 0 Å². The van der Waals surface area contributed by atoms with Crippen molar-refractivity contribution in [2.24, 2.45) is 0 Å². The average Bonchev–Trinajstić information content (AvgIpc) is 2.55. The first-order chi connectivity index (χ1) is 7.87. The second kappa shape index (κ2) is 4.35. The van der Waals surface area contributed by atoms with Gasteiger partial charge in [-0.2, -0.15) is 4.31 Å². The number of sulfonamides is 1. The van der Waals surface area contributed by atoms with Crippen LogP contribution in [0.1, 0.15) is 52.4 Å². The zero-order chi connectivity index (χ0) is 12.7. The van der Waals surface area contributed by atoms with Gasteiger partial charge in [-0.3, -0.25) is 4.79 Å². The summed E-state index contributed by atoms with van der Waals surface area (Å²) < 4.78 is 26.5. The van der Waals surface area contributed by atoms with E-state index >= 15 is 0 Å². The molecule has 1 aliphatic heterocycles. The van der Waals surface area contributed by atoms with Crippen LogP contribution in [0.3, 0.4) is 0 Å². The third-order valence-corrected chi connectivity index (χ3v) is 6.70. The van der Waals surface area contributed by atoms with Gasteiger partial charge in [-0.15, -0.1) is 0 Å². The largest absolute Gasteiger partial charge is 0.298 e. The fourth-order valence-corrected chi connectivity index (χ4v) is 5.29. The van der Waals surface area contributed by atoms with Crippen LogP contribution in [-0.2, 0) is 14.8 Å². The monoisotopic (exact) mass is 259 g/mol. The molecular formula is C12H21NO3S. The number of hydrogen-bond acceptors (Lipinski definition) is 3. The van der Waals surface area contributed by atoms with E-state index in [9.17, 15) is 13.2 Å². The minimum Gasteiger partial charge on any atom is -0.298 e. The van der Waals surface area contributed by atoms with Crippen molar-refractivity contribution in [2.75, 3.05) is 6.54 Å². The predicted molar refractivity (Wildman–Crippen MR) is 66.2 cm³/mol. The van der Waals surface area contributed by atoms with Crippen molar-refractivity contribution >= 4 is 15.8 Å². The second-order valence-corrected chi connectivity index (χ2v) is 7.75. The number of hydrogen-bond donors (Lipinski definition) is 0. The van der Waals surface area contributed by atoms with Gasteiger partial charge >= 0.3 is 0 Å². The highest BCUT2D eigenvalue weighted by Gasteiger charge is 2.48. The molecule has 0 amide bonds. The number of carbonyl (C=O) groups excluding carboxylic acids is 1. The summed E-state index contributed by atoms with van der Waals surface area (Å²) in [4.78, 5) is 11.7. The molecule has 1 saturated carbocycles. The summed E-state index contributed by atoms with van der Waals surface area (Å²) in [5, 5.41) is -0.263. The highest BCUT2D eigenvalue weighted by molar-refractivity contribution is 7.89. The lowest BCUT2D eigenvalue weighted by Crippen LogP contribution is -2.50. The summed E-state index contributed by atoms with van der Waals surface area (Å²) in [6, 6.07) is 0. The van der Waals surface area contributed by atoms with E-state index in [0.717, 1.165) is 32.1 Å². The molecule has 5 heteroatoms. The van der Waals surface area contributed by atoms with Crippen molar-refractivity contribution in [1.82, 2.24) is 4.31 Å². The minimum absolute atomic E-state index is 0.0388. The third-order valence-electron chi connectivity index (χ3n) is 4.13. The van der Waals surface area contributed by atoms with Gasteiger partial charge in [-0.1, -0.05) is 19.3 Å². The van der Waals surface area contributed by atoms with E-state index in [4.69, 9.17) is 0 Å². The van der Waals surface area contributed by atoms with Crippen LogP contribution in [0.2, 0.25) is 0 Å². The molecule has 0 aromatic heterocycles. The molecule has 1 aliphatic carbocycles. The Morgan fingerprint density at radius 1 is 1.18 bits per heavy atom. The molecule has 1 heterocycles. The van der Waals surface area contributed by atoms with Crippen LogP contribution in [0.25, 0.3) is 0 Å². The molecule has 0 bridgehead atoms. The molecule has 0 atom stereocenters. The first-order valence-electron chi connectivity index (χ1n) is 6.42. The van der Waals surface area contributed by atoms with Crippen molar-refractivity contribution in [2.45, 2.75) is 63.2 Å². The summed E-state index contributed by atoms with van der Waals surface area (Å²) in [6.07, 6.45) is 4.98. The van der Waals surface area contributed by atoms with Crippen LogP contribution >= 0.6 is 0 Å². The van der Waals surface area contributed by atoms with Crippen molar-refractivity contribution in [3.63, 3.8) is 0 Å². The van der Waals surface area contributed by atoms with Gasteiger partial charge in [0.2, 0.25) is 10.0 Å². The third kappa shape index (κ3) is 2.15. The van der Waals surface area contributed by atoms with Crippen molar-refractivity contribution in [3.8, 4) is 0 Å². The average molecular weight is 259 g/mol. The summed E-state index contributed by atoms with van der Waals surface area (Å²) in [5.74, 6) is 0.0388. The number of rotatable bonds is 2. The maximum atomic E-state index is 12.5. The van der Waals surface area contributed by atoms with E-state index in [2.05, 4.69) is 0 Å². The Labute approximate surface area is 103 Å². The normalized spacial score (nSPS) is 27.5. The van der Waals surface area contributed by atoms with Gasteiger partial charge in [0.25, 0.3) is 0 Å². The zero-order valence-electron chi connectivity index (χ0n) is 10.6. The lowest BCUT2D eigenvalue weighted by Gasteiger charge is -2.33.